The summed E-state index contributed by atoms with van der Waals surface area (Å²) in [6, 6.07) is 5.77. The predicted molar refractivity (Wildman–Crippen MR) is 73.7 cm³/mol. The van der Waals surface area contributed by atoms with E-state index < -0.39 is 10.9 Å². The molecule has 1 rings (SSSR count). The van der Waals surface area contributed by atoms with Crippen molar-refractivity contribution in [1.82, 2.24) is 0 Å². The first-order chi connectivity index (χ1) is 10.1. The van der Waals surface area contributed by atoms with E-state index in [4.69, 9.17) is 9.94 Å². The average Bonchev–Trinajstić information content (AvgIpc) is 2.50. The van der Waals surface area contributed by atoms with Crippen molar-refractivity contribution in [1.29, 1.82) is 0 Å². The zero-order valence-electron chi connectivity index (χ0n) is 11.5. The van der Waals surface area contributed by atoms with Crippen molar-refractivity contribution >= 4 is 17.4 Å². The van der Waals surface area contributed by atoms with Gasteiger partial charge in [0.1, 0.15) is 5.75 Å². The summed E-state index contributed by atoms with van der Waals surface area (Å²) in [4.78, 5) is 21.1. The fraction of sp³-hybridized carbons (Fsp3) is 0.385. The second kappa shape index (κ2) is 8.51. The maximum Gasteiger partial charge on any atom is 0.355 e. The third kappa shape index (κ3) is 5.47. The van der Waals surface area contributed by atoms with Crippen molar-refractivity contribution in [2.24, 2.45) is 5.16 Å². The van der Waals surface area contributed by atoms with Gasteiger partial charge in [-0.2, -0.15) is 0 Å². The molecule has 0 atom stereocenters. The Morgan fingerprint density at radius 3 is 2.52 bits per heavy atom. The Hall–Kier alpha value is -2.64. The monoisotopic (exact) mass is 296 g/mol. The van der Waals surface area contributed by atoms with Crippen LogP contribution < -0.4 is 4.74 Å². The van der Waals surface area contributed by atoms with Gasteiger partial charge in [0, 0.05) is 18.6 Å². The lowest BCUT2D eigenvalue weighted by molar-refractivity contribution is -0.384. The second-order valence-electron chi connectivity index (χ2n) is 4.09. The van der Waals surface area contributed by atoms with E-state index in [1.165, 1.54) is 31.4 Å². The summed E-state index contributed by atoms with van der Waals surface area (Å²) < 4.78 is 9.85. The minimum absolute atomic E-state index is 0.00391. The van der Waals surface area contributed by atoms with Gasteiger partial charge in [0.2, 0.25) is 0 Å². The number of benzene rings is 1. The highest BCUT2D eigenvalue weighted by Gasteiger charge is 2.11. The molecule has 0 bridgehead atoms. The van der Waals surface area contributed by atoms with Gasteiger partial charge in [-0.1, -0.05) is 5.16 Å². The van der Waals surface area contributed by atoms with Gasteiger partial charge in [0.05, 0.1) is 18.6 Å². The van der Waals surface area contributed by atoms with E-state index in [1.54, 1.807) is 0 Å². The summed E-state index contributed by atoms with van der Waals surface area (Å²) in [5, 5.41) is 22.0. The van der Waals surface area contributed by atoms with Crippen molar-refractivity contribution in [2.45, 2.75) is 19.3 Å². The first-order valence-corrected chi connectivity index (χ1v) is 6.25. The molecule has 0 spiro atoms. The standard InChI is InChI=1S/C13H16N2O6/c1-20-13(16)12(14-17)4-2-3-9-21-11-7-5-10(6-8-11)15(18)19/h5-8,17H,2-4,9H2,1H3/b14-12+. The number of nitro groups is 1. The Morgan fingerprint density at radius 1 is 1.33 bits per heavy atom. The van der Waals surface area contributed by atoms with E-state index in [2.05, 4.69) is 9.89 Å². The van der Waals surface area contributed by atoms with Gasteiger partial charge >= 0.3 is 5.97 Å². The summed E-state index contributed by atoms with van der Waals surface area (Å²) in [5.74, 6) is -0.126. The molecule has 0 amide bonds. The number of ether oxygens (including phenoxy) is 2. The van der Waals surface area contributed by atoms with Crippen LogP contribution in [0.4, 0.5) is 5.69 Å². The number of hydrogen-bond acceptors (Lipinski definition) is 7. The zero-order chi connectivity index (χ0) is 15.7. The number of hydrogen-bond donors (Lipinski definition) is 1. The first-order valence-electron chi connectivity index (χ1n) is 6.25. The van der Waals surface area contributed by atoms with Crippen LogP contribution in [0, 0.1) is 10.1 Å². The van der Waals surface area contributed by atoms with Crippen LogP contribution in [0.25, 0.3) is 0 Å². The molecule has 0 saturated carbocycles. The molecule has 0 radical (unpaired) electrons. The summed E-state index contributed by atoms with van der Waals surface area (Å²) in [6.07, 6.45) is 1.50. The molecule has 114 valence electrons. The number of esters is 1. The molecule has 0 heterocycles. The Kier molecular flexibility index (Phi) is 6.66. The summed E-state index contributed by atoms with van der Waals surface area (Å²) in [7, 11) is 1.21. The van der Waals surface area contributed by atoms with Crippen LogP contribution in [0.5, 0.6) is 5.75 Å². The van der Waals surface area contributed by atoms with Crippen LogP contribution in [0.3, 0.4) is 0 Å². The van der Waals surface area contributed by atoms with Crippen LogP contribution in [0.1, 0.15) is 19.3 Å². The average molecular weight is 296 g/mol. The number of unbranched alkanes of at least 4 members (excludes halogenated alkanes) is 1. The topological polar surface area (TPSA) is 111 Å². The van der Waals surface area contributed by atoms with Gasteiger partial charge in [0.25, 0.3) is 5.69 Å². The van der Waals surface area contributed by atoms with Crippen molar-refractivity contribution in [3.8, 4) is 5.75 Å². The molecule has 0 aliphatic heterocycles. The quantitative estimate of drug-likeness (QED) is 0.196. The Labute approximate surface area is 121 Å². The molecule has 0 fully saturated rings. The van der Waals surface area contributed by atoms with Crippen LogP contribution in [0.2, 0.25) is 0 Å². The molecule has 8 heteroatoms. The third-order valence-corrected chi connectivity index (χ3v) is 2.67. The number of carbonyl (C=O) groups excluding carboxylic acids is 1. The fourth-order valence-electron chi connectivity index (χ4n) is 1.56. The van der Waals surface area contributed by atoms with Gasteiger partial charge in [0.15, 0.2) is 5.71 Å². The zero-order valence-corrected chi connectivity index (χ0v) is 11.5. The minimum atomic E-state index is -0.659. The van der Waals surface area contributed by atoms with Crippen molar-refractivity contribution in [3.63, 3.8) is 0 Å². The maximum atomic E-state index is 11.1. The van der Waals surface area contributed by atoms with Gasteiger partial charge in [-0.15, -0.1) is 0 Å². The number of nitrogens with zero attached hydrogens (tertiary/aromatic N) is 2. The van der Waals surface area contributed by atoms with Gasteiger partial charge in [-0.05, 0) is 25.0 Å². The normalized spacial score (nSPS) is 11.0. The largest absolute Gasteiger partial charge is 0.494 e. The highest BCUT2D eigenvalue weighted by atomic mass is 16.6. The molecule has 21 heavy (non-hydrogen) atoms. The van der Waals surface area contributed by atoms with Crippen molar-refractivity contribution in [3.05, 3.63) is 34.4 Å². The summed E-state index contributed by atoms with van der Waals surface area (Å²) >= 11 is 0. The lowest BCUT2D eigenvalue weighted by Crippen LogP contribution is -2.16. The lowest BCUT2D eigenvalue weighted by Gasteiger charge is -2.06. The van der Waals surface area contributed by atoms with E-state index in [1.807, 2.05) is 0 Å². The highest BCUT2D eigenvalue weighted by Crippen LogP contribution is 2.17. The number of methoxy groups -OCH3 is 1. The Bertz CT molecular complexity index is 512. The Balaban J connectivity index is 2.28. The van der Waals surface area contributed by atoms with Gasteiger partial charge in [-0.25, -0.2) is 4.79 Å². The third-order valence-electron chi connectivity index (χ3n) is 2.67. The number of non-ortho nitro benzene ring substituents is 1. The smallest absolute Gasteiger partial charge is 0.355 e. The minimum Gasteiger partial charge on any atom is -0.494 e. The summed E-state index contributed by atoms with van der Waals surface area (Å²) in [5.41, 5.74) is -0.0305. The molecule has 8 nitrogen and oxygen atoms in total. The highest BCUT2D eigenvalue weighted by molar-refractivity contribution is 6.36. The molecule has 1 aromatic carbocycles. The molecular formula is C13H16N2O6. The molecule has 0 aliphatic rings. The number of oxime groups is 1. The molecule has 0 unspecified atom stereocenters. The molecule has 0 aromatic heterocycles. The van der Waals surface area contributed by atoms with Crippen LogP contribution in [0.15, 0.2) is 29.4 Å². The maximum absolute atomic E-state index is 11.1. The van der Waals surface area contributed by atoms with E-state index in [9.17, 15) is 14.9 Å². The number of nitro benzene ring substituents is 1. The molecular weight excluding hydrogens is 280 g/mol. The predicted octanol–water partition coefficient (Wildman–Crippen LogP) is 2.15. The van der Waals surface area contributed by atoms with Crippen molar-refractivity contribution in [2.75, 3.05) is 13.7 Å². The first kappa shape index (κ1) is 16.4. The van der Waals surface area contributed by atoms with Gasteiger partial charge in [-0.3, -0.25) is 10.1 Å². The van der Waals surface area contributed by atoms with Crippen LogP contribution >= 0.6 is 0 Å². The molecule has 1 N–H and O–H groups in total. The van der Waals surface area contributed by atoms with Gasteiger partial charge < -0.3 is 14.7 Å². The summed E-state index contributed by atoms with van der Waals surface area (Å²) in [6.45, 7) is 0.387. The SMILES string of the molecule is COC(=O)/C(CCCCOc1ccc([N+](=O)[O-])cc1)=N/O. The van der Waals surface area contributed by atoms with E-state index in [-0.39, 0.29) is 17.8 Å². The second-order valence-corrected chi connectivity index (χ2v) is 4.09. The fourth-order valence-corrected chi connectivity index (χ4v) is 1.56. The molecule has 0 aliphatic carbocycles. The van der Waals surface area contributed by atoms with Crippen molar-refractivity contribution < 1.29 is 24.4 Å². The van der Waals surface area contributed by atoms with E-state index in [0.29, 0.717) is 25.2 Å². The van der Waals surface area contributed by atoms with Crippen LogP contribution in [-0.4, -0.2) is 35.5 Å². The van der Waals surface area contributed by atoms with E-state index in [0.717, 1.165) is 0 Å². The Morgan fingerprint density at radius 2 is 2.00 bits per heavy atom. The lowest BCUT2D eigenvalue weighted by atomic mass is 10.2. The number of rotatable bonds is 8. The van der Waals surface area contributed by atoms with Crippen LogP contribution in [-0.2, 0) is 9.53 Å². The molecule has 0 saturated heterocycles. The van der Waals surface area contributed by atoms with E-state index >= 15 is 0 Å². The number of carbonyl (C=O) groups is 1. The molecule has 1 aromatic rings.